The molecule has 92 valence electrons. The van der Waals surface area contributed by atoms with Crippen molar-refractivity contribution >= 4 is 9.84 Å². The SMILES string of the molecule is CC(C#N)Cc1nc(C2CCS(=O)(=O)C2)no1. The number of hydrogen-bond donors (Lipinski definition) is 0. The third-order valence-corrected chi connectivity index (χ3v) is 4.55. The van der Waals surface area contributed by atoms with E-state index in [0.29, 0.717) is 24.6 Å². The average Bonchev–Trinajstić information content (AvgIpc) is 2.84. The summed E-state index contributed by atoms with van der Waals surface area (Å²) in [6, 6.07) is 2.08. The fraction of sp³-hybridized carbons (Fsp3) is 0.700. The van der Waals surface area contributed by atoms with Crippen molar-refractivity contribution in [1.82, 2.24) is 10.1 Å². The molecule has 7 heteroatoms. The van der Waals surface area contributed by atoms with Crippen LogP contribution in [0.4, 0.5) is 0 Å². The van der Waals surface area contributed by atoms with Gasteiger partial charge in [0.25, 0.3) is 0 Å². The van der Waals surface area contributed by atoms with Gasteiger partial charge in [0, 0.05) is 12.3 Å². The summed E-state index contributed by atoms with van der Waals surface area (Å²) in [5, 5.41) is 12.5. The fourth-order valence-corrected chi connectivity index (χ4v) is 3.56. The van der Waals surface area contributed by atoms with Crippen molar-refractivity contribution in [2.75, 3.05) is 11.5 Å². The van der Waals surface area contributed by atoms with Crippen LogP contribution in [0.15, 0.2) is 4.52 Å². The summed E-state index contributed by atoms with van der Waals surface area (Å²) >= 11 is 0. The average molecular weight is 255 g/mol. The summed E-state index contributed by atoms with van der Waals surface area (Å²) in [5.74, 6) is 0.797. The van der Waals surface area contributed by atoms with Gasteiger partial charge in [-0.15, -0.1) is 0 Å². The highest BCUT2D eigenvalue weighted by molar-refractivity contribution is 7.91. The summed E-state index contributed by atoms with van der Waals surface area (Å²) in [6.45, 7) is 1.77. The number of rotatable bonds is 3. The van der Waals surface area contributed by atoms with Crippen LogP contribution in [0.5, 0.6) is 0 Å². The molecule has 6 nitrogen and oxygen atoms in total. The van der Waals surface area contributed by atoms with Crippen molar-refractivity contribution in [1.29, 1.82) is 5.26 Å². The van der Waals surface area contributed by atoms with Crippen LogP contribution in [0.3, 0.4) is 0 Å². The van der Waals surface area contributed by atoms with Crippen LogP contribution in [0.1, 0.15) is 31.0 Å². The van der Waals surface area contributed by atoms with Crippen molar-refractivity contribution in [2.24, 2.45) is 5.92 Å². The minimum absolute atomic E-state index is 0.0970. The molecule has 0 bridgehead atoms. The molecule has 0 aliphatic carbocycles. The minimum Gasteiger partial charge on any atom is -0.339 e. The topological polar surface area (TPSA) is 96.8 Å². The Kier molecular flexibility index (Phi) is 3.15. The smallest absolute Gasteiger partial charge is 0.227 e. The molecule has 0 spiro atoms. The van der Waals surface area contributed by atoms with Gasteiger partial charge in [0.1, 0.15) is 0 Å². The minimum atomic E-state index is -2.94. The van der Waals surface area contributed by atoms with E-state index in [-0.39, 0.29) is 23.3 Å². The Balaban J connectivity index is 2.07. The Morgan fingerprint density at radius 3 is 3.00 bits per heavy atom. The molecule has 17 heavy (non-hydrogen) atoms. The Bertz CT molecular complexity index is 543. The molecule has 0 radical (unpaired) electrons. The monoisotopic (exact) mass is 255 g/mol. The quantitative estimate of drug-likeness (QED) is 0.787. The van der Waals surface area contributed by atoms with Gasteiger partial charge in [-0.1, -0.05) is 5.16 Å². The number of aromatic nitrogens is 2. The van der Waals surface area contributed by atoms with E-state index >= 15 is 0 Å². The summed E-state index contributed by atoms with van der Waals surface area (Å²) in [7, 11) is -2.94. The van der Waals surface area contributed by atoms with E-state index in [1.807, 2.05) is 0 Å². The maximum atomic E-state index is 11.3. The van der Waals surface area contributed by atoms with Gasteiger partial charge in [0.05, 0.1) is 23.5 Å². The van der Waals surface area contributed by atoms with Gasteiger partial charge in [-0.05, 0) is 13.3 Å². The van der Waals surface area contributed by atoms with Crippen molar-refractivity contribution in [3.05, 3.63) is 11.7 Å². The van der Waals surface area contributed by atoms with E-state index in [1.54, 1.807) is 6.92 Å². The molecule has 1 aliphatic rings. The van der Waals surface area contributed by atoms with E-state index in [2.05, 4.69) is 16.2 Å². The number of sulfone groups is 1. The molecule has 1 aliphatic heterocycles. The van der Waals surface area contributed by atoms with Gasteiger partial charge < -0.3 is 4.52 Å². The lowest BCUT2D eigenvalue weighted by atomic mass is 10.1. The highest BCUT2D eigenvalue weighted by Crippen LogP contribution is 2.26. The largest absolute Gasteiger partial charge is 0.339 e. The van der Waals surface area contributed by atoms with Crippen LogP contribution >= 0.6 is 0 Å². The first-order chi connectivity index (χ1) is 8.00. The Morgan fingerprint density at radius 2 is 2.41 bits per heavy atom. The zero-order chi connectivity index (χ0) is 12.5. The lowest BCUT2D eigenvalue weighted by Crippen LogP contribution is -2.05. The highest BCUT2D eigenvalue weighted by atomic mass is 32.2. The van der Waals surface area contributed by atoms with E-state index in [0.717, 1.165) is 0 Å². The van der Waals surface area contributed by atoms with Crippen LogP contribution in [0, 0.1) is 17.2 Å². The summed E-state index contributed by atoms with van der Waals surface area (Å²) in [5.41, 5.74) is 0. The first kappa shape index (κ1) is 12.0. The van der Waals surface area contributed by atoms with Crippen molar-refractivity contribution in [3.8, 4) is 6.07 Å². The summed E-state index contributed by atoms with van der Waals surface area (Å²) < 4.78 is 27.6. The first-order valence-corrected chi connectivity index (χ1v) is 7.25. The normalized spacial score (nSPS) is 24.4. The standard InChI is InChI=1S/C10H13N3O3S/c1-7(5-11)4-9-12-10(13-16-9)8-2-3-17(14,15)6-8/h7-8H,2-4,6H2,1H3. The predicted molar refractivity (Wildman–Crippen MR) is 58.8 cm³/mol. The molecule has 2 rings (SSSR count). The lowest BCUT2D eigenvalue weighted by molar-refractivity contribution is 0.362. The second-order valence-electron chi connectivity index (χ2n) is 4.38. The van der Waals surface area contributed by atoms with Gasteiger partial charge in [0.15, 0.2) is 15.7 Å². The Hall–Kier alpha value is -1.42. The lowest BCUT2D eigenvalue weighted by Gasteiger charge is -1.98. The van der Waals surface area contributed by atoms with E-state index in [4.69, 9.17) is 9.78 Å². The van der Waals surface area contributed by atoms with Crippen LogP contribution in [-0.2, 0) is 16.3 Å². The molecular formula is C10H13N3O3S. The molecule has 1 fully saturated rings. The number of hydrogen-bond acceptors (Lipinski definition) is 6. The molecule has 1 aromatic heterocycles. The van der Waals surface area contributed by atoms with E-state index in [1.165, 1.54) is 0 Å². The molecule has 1 saturated heterocycles. The molecule has 0 N–H and O–H groups in total. The summed E-state index contributed by atoms with van der Waals surface area (Å²) in [4.78, 5) is 4.15. The van der Waals surface area contributed by atoms with Crippen LogP contribution in [0.25, 0.3) is 0 Å². The highest BCUT2D eigenvalue weighted by Gasteiger charge is 2.32. The number of nitrogens with zero attached hydrogens (tertiary/aromatic N) is 3. The van der Waals surface area contributed by atoms with Crippen LogP contribution in [-0.4, -0.2) is 30.1 Å². The molecular weight excluding hydrogens is 242 g/mol. The van der Waals surface area contributed by atoms with Crippen molar-refractivity contribution < 1.29 is 12.9 Å². The van der Waals surface area contributed by atoms with Crippen LogP contribution in [0.2, 0.25) is 0 Å². The Labute approximate surface area is 99.5 Å². The third kappa shape index (κ3) is 2.82. The van der Waals surface area contributed by atoms with Gasteiger partial charge in [-0.25, -0.2) is 8.42 Å². The van der Waals surface area contributed by atoms with Gasteiger partial charge >= 0.3 is 0 Å². The van der Waals surface area contributed by atoms with Gasteiger partial charge in [-0.2, -0.15) is 10.2 Å². The zero-order valence-corrected chi connectivity index (χ0v) is 10.3. The maximum Gasteiger partial charge on any atom is 0.227 e. The second-order valence-corrected chi connectivity index (χ2v) is 6.61. The van der Waals surface area contributed by atoms with Gasteiger partial charge in [-0.3, -0.25) is 0 Å². The molecule has 2 atom stereocenters. The van der Waals surface area contributed by atoms with Crippen LogP contribution < -0.4 is 0 Å². The molecule has 1 aromatic rings. The Morgan fingerprint density at radius 1 is 1.65 bits per heavy atom. The maximum absolute atomic E-state index is 11.3. The molecule has 0 saturated carbocycles. The van der Waals surface area contributed by atoms with E-state index < -0.39 is 9.84 Å². The summed E-state index contributed by atoms with van der Waals surface area (Å²) in [6.07, 6.45) is 0.956. The van der Waals surface area contributed by atoms with Crippen molar-refractivity contribution in [2.45, 2.75) is 25.7 Å². The van der Waals surface area contributed by atoms with E-state index in [9.17, 15) is 8.42 Å². The molecule has 0 amide bonds. The third-order valence-electron chi connectivity index (χ3n) is 2.78. The predicted octanol–water partition coefficient (Wildman–Crippen LogP) is 0.674. The molecule has 2 unspecified atom stereocenters. The first-order valence-electron chi connectivity index (χ1n) is 5.42. The van der Waals surface area contributed by atoms with Crippen molar-refractivity contribution in [3.63, 3.8) is 0 Å². The molecule has 2 heterocycles. The zero-order valence-electron chi connectivity index (χ0n) is 9.46. The second kappa shape index (κ2) is 4.45. The fourth-order valence-electron chi connectivity index (χ4n) is 1.82. The van der Waals surface area contributed by atoms with Gasteiger partial charge in [0.2, 0.25) is 5.89 Å². The number of nitriles is 1. The molecule has 0 aromatic carbocycles.